The van der Waals surface area contributed by atoms with Crippen molar-refractivity contribution in [2.75, 3.05) is 11.5 Å². The third kappa shape index (κ3) is 2.84. The lowest BCUT2D eigenvalue weighted by Crippen LogP contribution is -1.86. The average molecular weight is 324 g/mol. The van der Waals surface area contributed by atoms with Crippen LogP contribution in [0.1, 0.15) is 11.8 Å². The van der Waals surface area contributed by atoms with Crippen molar-refractivity contribution in [1.82, 2.24) is 3.96 Å². The first-order valence-corrected chi connectivity index (χ1v) is 9.16. The van der Waals surface area contributed by atoms with Crippen LogP contribution in [-0.2, 0) is 0 Å². The van der Waals surface area contributed by atoms with Crippen molar-refractivity contribution >= 4 is 52.8 Å². The number of benzene rings is 1. The standard InChI is InChI=1S/C14H13NS4/c1-10(14-17-7-8-18-14)12-9-13(16)15(19-12)11-5-3-2-4-6-11/h2-6,9H,7-8H2,1H3. The fraction of sp³-hybridized carbons (Fsp3) is 0.214. The van der Waals surface area contributed by atoms with Gasteiger partial charge in [-0.15, -0.1) is 23.5 Å². The number of thioether (sulfide) groups is 2. The minimum atomic E-state index is 0.888. The van der Waals surface area contributed by atoms with Gasteiger partial charge in [-0.05, 0) is 30.7 Å². The van der Waals surface area contributed by atoms with Crippen LogP contribution in [-0.4, -0.2) is 15.5 Å². The first-order chi connectivity index (χ1) is 9.25. The Morgan fingerprint density at radius 2 is 1.84 bits per heavy atom. The first-order valence-electron chi connectivity index (χ1n) is 6.01. The van der Waals surface area contributed by atoms with Crippen molar-refractivity contribution in [1.29, 1.82) is 0 Å². The van der Waals surface area contributed by atoms with Crippen LogP contribution in [0.2, 0.25) is 0 Å². The number of hydrogen-bond acceptors (Lipinski definition) is 4. The van der Waals surface area contributed by atoms with E-state index in [0.29, 0.717) is 0 Å². The second kappa shape index (κ2) is 5.87. The van der Waals surface area contributed by atoms with Crippen molar-refractivity contribution < 1.29 is 0 Å². The summed E-state index contributed by atoms with van der Waals surface area (Å²) in [7, 11) is 0. The summed E-state index contributed by atoms with van der Waals surface area (Å²) in [6.45, 7) is 2.20. The van der Waals surface area contributed by atoms with Gasteiger partial charge in [-0.1, -0.05) is 41.9 Å². The third-order valence-corrected chi connectivity index (χ3v) is 7.41. The summed E-state index contributed by atoms with van der Waals surface area (Å²) in [5.74, 6) is 2.45. The molecule has 0 atom stereocenters. The summed E-state index contributed by atoms with van der Waals surface area (Å²) < 4.78 is 4.47. The van der Waals surface area contributed by atoms with Crippen molar-refractivity contribution in [3.63, 3.8) is 0 Å². The largest absolute Gasteiger partial charge is 0.255 e. The van der Waals surface area contributed by atoms with Crippen molar-refractivity contribution in [2.24, 2.45) is 0 Å². The molecule has 0 unspecified atom stereocenters. The highest BCUT2D eigenvalue weighted by Crippen LogP contribution is 2.42. The normalized spacial score (nSPS) is 14.9. The van der Waals surface area contributed by atoms with Crippen molar-refractivity contribution in [3.8, 4) is 5.69 Å². The molecule has 0 aliphatic carbocycles. The molecule has 19 heavy (non-hydrogen) atoms. The summed E-state index contributed by atoms with van der Waals surface area (Å²) in [5.41, 5.74) is 2.52. The predicted octanol–water partition coefficient (Wildman–Crippen LogP) is 5.44. The quantitative estimate of drug-likeness (QED) is 0.679. The fourth-order valence-corrected chi connectivity index (χ4v) is 5.92. The molecule has 0 N–H and O–H groups in total. The molecule has 0 spiro atoms. The molecule has 1 aromatic carbocycles. The van der Waals surface area contributed by atoms with Crippen molar-refractivity contribution in [2.45, 2.75) is 6.92 Å². The van der Waals surface area contributed by atoms with Crippen LogP contribution < -0.4 is 0 Å². The number of rotatable bonds is 2. The molecule has 2 heterocycles. The third-order valence-electron chi connectivity index (χ3n) is 2.86. The molecule has 1 aliphatic heterocycles. The zero-order valence-electron chi connectivity index (χ0n) is 10.5. The highest BCUT2D eigenvalue weighted by molar-refractivity contribution is 8.25. The first kappa shape index (κ1) is 13.5. The summed E-state index contributed by atoms with van der Waals surface area (Å²) in [6, 6.07) is 12.4. The van der Waals surface area contributed by atoms with Crippen LogP contribution in [0, 0.1) is 4.64 Å². The van der Waals surface area contributed by atoms with E-state index in [-0.39, 0.29) is 0 Å². The van der Waals surface area contributed by atoms with E-state index in [1.807, 2.05) is 41.7 Å². The number of nitrogens with zero attached hydrogens (tertiary/aromatic N) is 1. The molecule has 0 bridgehead atoms. The lowest BCUT2D eigenvalue weighted by atomic mass is 10.3. The van der Waals surface area contributed by atoms with Gasteiger partial charge in [-0.3, -0.25) is 3.96 Å². The van der Waals surface area contributed by atoms with Gasteiger partial charge in [-0.25, -0.2) is 0 Å². The van der Waals surface area contributed by atoms with E-state index in [0.717, 1.165) is 10.3 Å². The highest BCUT2D eigenvalue weighted by Gasteiger charge is 2.14. The van der Waals surface area contributed by atoms with Crippen molar-refractivity contribution in [3.05, 3.63) is 50.2 Å². The molecule has 3 rings (SSSR count). The zero-order valence-corrected chi connectivity index (χ0v) is 13.7. The lowest BCUT2D eigenvalue weighted by molar-refractivity contribution is 1.18. The topological polar surface area (TPSA) is 4.93 Å². The Bertz CT molecular complexity index is 658. The molecule has 1 nitrogen and oxygen atoms in total. The summed E-state index contributed by atoms with van der Waals surface area (Å²) >= 11 is 11.1. The van der Waals surface area contributed by atoms with Gasteiger partial charge in [0.1, 0.15) is 4.64 Å². The van der Waals surface area contributed by atoms with E-state index in [1.54, 1.807) is 11.5 Å². The molecule has 1 aromatic heterocycles. The summed E-state index contributed by atoms with van der Waals surface area (Å²) in [6.07, 6.45) is 0. The Morgan fingerprint density at radius 1 is 1.16 bits per heavy atom. The monoisotopic (exact) mass is 323 g/mol. The van der Waals surface area contributed by atoms with Gasteiger partial charge in [-0.2, -0.15) is 0 Å². The molecule has 98 valence electrons. The fourth-order valence-electron chi connectivity index (χ4n) is 1.89. The van der Waals surface area contributed by atoms with Gasteiger partial charge >= 0.3 is 0 Å². The van der Waals surface area contributed by atoms with E-state index in [2.05, 4.69) is 29.1 Å². The lowest BCUT2D eigenvalue weighted by Gasteiger charge is -2.02. The van der Waals surface area contributed by atoms with Gasteiger partial charge < -0.3 is 0 Å². The minimum Gasteiger partial charge on any atom is -0.255 e. The van der Waals surface area contributed by atoms with E-state index >= 15 is 0 Å². The van der Waals surface area contributed by atoms with Gasteiger partial charge in [0.25, 0.3) is 0 Å². The second-order valence-electron chi connectivity index (χ2n) is 4.18. The minimum absolute atomic E-state index is 0.888. The molecule has 5 heteroatoms. The Balaban J connectivity index is 2.03. The van der Waals surface area contributed by atoms with E-state index in [9.17, 15) is 0 Å². The Kier molecular flexibility index (Phi) is 4.17. The van der Waals surface area contributed by atoms with E-state index < -0.39 is 0 Å². The highest BCUT2D eigenvalue weighted by atomic mass is 32.2. The summed E-state index contributed by atoms with van der Waals surface area (Å²) in [5, 5.41) is 0. The maximum atomic E-state index is 5.49. The zero-order chi connectivity index (χ0) is 13.2. The van der Waals surface area contributed by atoms with Gasteiger partial charge in [0.2, 0.25) is 0 Å². The predicted molar refractivity (Wildman–Crippen MR) is 92.0 cm³/mol. The van der Waals surface area contributed by atoms with Crippen LogP contribution in [0.4, 0.5) is 0 Å². The van der Waals surface area contributed by atoms with Crippen LogP contribution >= 0.6 is 47.3 Å². The number of allylic oxidation sites excluding steroid dienone is 1. The van der Waals surface area contributed by atoms with Gasteiger partial charge in [0.05, 0.1) is 10.6 Å². The SMILES string of the molecule is CC(=C1SCCS1)c1cc(=S)n(-c2ccccc2)s1. The average Bonchev–Trinajstić information content (AvgIpc) is 3.08. The van der Waals surface area contributed by atoms with Gasteiger partial charge in [0.15, 0.2) is 0 Å². The maximum Gasteiger partial charge on any atom is 0.121 e. The molecule has 2 aromatic rings. The Hall–Kier alpha value is -0.490. The number of aromatic nitrogens is 1. The van der Waals surface area contributed by atoms with E-state index in [1.165, 1.54) is 26.2 Å². The molecule has 1 aliphatic rings. The summed E-state index contributed by atoms with van der Waals surface area (Å²) in [4.78, 5) is 1.28. The molecular weight excluding hydrogens is 310 g/mol. The Morgan fingerprint density at radius 3 is 2.53 bits per heavy atom. The number of para-hydroxylation sites is 1. The molecule has 1 saturated heterocycles. The molecule has 0 saturated carbocycles. The Labute approximate surface area is 130 Å². The maximum absolute atomic E-state index is 5.49. The number of hydrogen-bond donors (Lipinski definition) is 0. The van der Waals surface area contributed by atoms with Crippen LogP contribution in [0.25, 0.3) is 11.3 Å². The second-order valence-corrected chi connectivity index (χ2v) is 8.05. The van der Waals surface area contributed by atoms with Crippen LogP contribution in [0.3, 0.4) is 0 Å². The van der Waals surface area contributed by atoms with Crippen LogP contribution in [0.15, 0.2) is 40.6 Å². The molecule has 0 amide bonds. The van der Waals surface area contributed by atoms with Gasteiger partial charge in [0, 0.05) is 15.7 Å². The van der Waals surface area contributed by atoms with E-state index in [4.69, 9.17) is 12.2 Å². The van der Waals surface area contributed by atoms with Crippen LogP contribution in [0.5, 0.6) is 0 Å². The molecule has 1 fully saturated rings. The smallest absolute Gasteiger partial charge is 0.121 e. The molecule has 0 radical (unpaired) electrons. The molecular formula is C14H13NS4.